The lowest BCUT2D eigenvalue weighted by molar-refractivity contribution is 0.468. The Bertz CT molecular complexity index is 412. The van der Waals surface area contributed by atoms with Crippen molar-refractivity contribution in [3.05, 3.63) is 17.6 Å². The molecule has 1 heterocycles. The first-order chi connectivity index (χ1) is 8.50. The molecule has 1 aromatic rings. The fraction of sp³-hybridized carbons (Fsp3) is 0.714. The molecule has 1 aliphatic rings. The van der Waals surface area contributed by atoms with Gasteiger partial charge >= 0.3 is 0 Å². The fourth-order valence-corrected chi connectivity index (χ4v) is 2.22. The van der Waals surface area contributed by atoms with Crippen LogP contribution in [0.5, 0.6) is 0 Å². The summed E-state index contributed by atoms with van der Waals surface area (Å²) in [4.78, 5) is 8.86. The van der Waals surface area contributed by atoms with Crippen molar-refractivity contribution in [2.24, 2.45) is 5.73 Å². The minimum Gasteiger partial charge on any atom is -0.363 e. The maximum absolute atomic E-state index is 6.02. The highest BCUT2D eigenvalue weighted by molar-refractivity contribution is 5.48. The molecule has 1 aromatic heterocycles. The average Bonchev–Trinajstić information content (AvgIpc) is 2.54. The molecule has 0 radical (unpaired) electrons. The molecule has 0 fully saturated rings. The lowest BCUT2D eigenvalue weighted by atomic mass is 9.96. The molecule has 18 heavy (non-hydrogen) atoms. The largest absolute Gasteiger partial charge is 0.363 e. The molecule has 4 nitrogen and oxygen atoms in total. The monoisotopic (exact) mass is 248 g/mol. The predicted molar refractivity (Wildman–Crippen MR) is 74.6 cm³/mol. The van der Waals surface area contributed by atoms with Gasteiger partial charge in [0.05, 0.1) is 0 Å². The van der Waals surface area contributed by atoms with Crippen LogP contribution < -0.4 is 11.1 Å². The standard InChI is InChI=1S/C14H24N4/c1-10(15)14(2,3)18-13-11-7-5-4-6-8-12(11)16-9-17-13/h9-10H,4-8,15H2,1-3H3,(H,16,17,18). The van der Waals surface area contributed by atoms with E-state index in [1.54, 1.807) is 6.33 Å². The van der Waals surface area contributed by atoms with Crippen molar-refractivity contribution in [3.8, 4) is 0 Å². The second-order valence-electron chi connectivity index (χ2n) is 5.84. The van der Waals surface area contributed by atoms with Gasteiger partial charge in [-0.3, -0.25) is 0 Å². The Hall–Kier alpha value is -1.16. The number of aromatic nitrogens is 2. The summed E-state index contributed by atoms with van der Waals surface area (Å²) in [5.41, 5.74) is 8.37. The molecule has 0 aromatic carbocycles. The van der Waals surface area contributed by atoms with E-state index in [0.29, 0.717) is 0 Å². The summed E-state index contributed by atoms with van der Waals surface area (Å²) in [6.45, 7) is 6.25. The topological polar surface area (TPSA) is 63.8 Å². The number of rotatable bonds is 3. The molecule has 2 rings (SSSR count). The molecular weight excluding hydrogens is 224 g/mol. The maximum Gasteiger partial charge on any atom is 0.133 e. The van der Waals surface area contributed by atoms with Gasteiger partial charge in [-0.05, 0) is 46.5 Å². The number of fused-ring (bicyclic) bond motifs is 1. The second kappa shape index (κ2) is 5.22. The van der Waals surface area contributed by atoms with E-state index in [1.807, 2.05) is 6.92 Å². The van der Waals surface area contributed by atoms with Crippen molar-refractivity contribution in [1.29, 1.82) is 0 Å². The molecule has 0 spiro atoms. The Labute approximate surface area is 109 Å². The molecular formula is C14H24N4. The van der Waals surface area contributed by atoms with E-state index in [9.17, 15) is 0 Å². The number of anilines is 1. The summed E-state index contributed by atoms with van der Waals surface area (Å²) in [6.07, 6.45) is 7.57. The summed E-state index contributed by atoms with van der Waals surface area (Å²) in [7, 11) is 0. The SMILES string of the molecule is CC(N)C(C)(C)Nc1ncnc2c1CCCCC2. The van der Waals surface area contributed by atoms with Crippen LogP contribution >= 0.6 is 0 Å². The van der Waals surface area contributed by atoms with E-state index >= 15 is 0 Å². The van der Waals surface area contributed by atoms with E-state index in [4.69, 9.17) is 5.73 Å². The van der Waals surface area contributed by atoms with Crippen molar-refractivity contribution in [1.82, 2.24) is 9.97 Å². The van der Waals surface area contributed by atoms with Crippen molar-refractivity contribution >= 4 is 5.82 Å². The van der Waals surface area contributed by atoms with Crippen LogP contribution in [0.25, 0.3) is 0 Å². The van der Waals surface area contributed by atoms with Crippen LogP contribution in [-0.2, 0) is 12.8 Å². The van der Waals surface area contributed by atoms with Crippen LogP contribution in [0.2, 0.25) is 0 Å². The van der Waals surface area contributed by atoms with Gasteiger partial charge in [0.2, 0.25) is 0 Å². The maximum atomic E-state index is 6.02. The second-order valence-corrected chi connectivity index (χ2v) is 5.84. The van der Waals surface area contributed by atoms with Gasteiger partial charge in [0.1, 0.15) is 12.1 Å². The number of nitrogens with zero attached hydrogens (tertiary/aromatic N) is 2. The molecule has 3 N–H and O–H groups in total. The van der Waals surface area contributed by atoms with Crippen LogP contribution in [0, 0.1) is 0 Å². The summed E-state index contributed by atoms with van der Waals surface area (Å²) < 4.78 is 0. The van der Waals surface area contributed by atoms with E-state index in [1.165, 1.54) is 30.5 Å². The van der Waals surface area contributed by atoms with E-state index in [0.717, 1.165) is 18.7 Å². The third-order valence-corrected chi connectivity index (χ3v) is 3.95. The number of hydrogen-bond donors (Lipinski definition) is 2. The summed E-state index contributed by atoms with van der Waals surface area (Å²) >= 11 is 0. The average molecular weight is 248 g/mol. The van der Waals surface area contributed by atoms with Crippen LogP contribution in [0.4, 0.5) is 5.82 Å². The first-order valence-electron chi connectivity index (χ1n) is 6.87. The van der Waals surface area contributed by atoms with E-state index < -0.39 is 0 Å². The minimum absolute atomic E-state index is 0.0638. The van der Waals surface area contributed by atoms with Gasteiger partial charge in [-0.15, -0.1) is 0 Å². The van der Waals surface area contributed by atoms with Crippen molar-refractivity contribution < 1.29 is 0 Å². The lowest BCUT2D eigenvalue weighted by Crippen LogP contribution is -2.47. The third kappa shape index (κ3) is 2.80. The summed E-state index contributed by atoms with van der Waals surface area (Å²) in [5.74, 6) is 0.976. The predicted octanol–water partition coefficient (Wildman–Crippen LogP) is 2.28. The molecule has 4 heteroatoms. The highest BCUT2D eigenvalue weighted by atomic mass is 15.1. The highest BCUT2D eigenvalue weighted by Crippen LogP contribution is 2.26. The van der Waals surface area contributed by atoms with Crippen LogP contribution in [0.3, 0.4) is 0 Å². The van der Waals surface area contributed by atoms with Crippen molar-refractivity contribution in [2.45, 2.75) is 64.5 Å². The zero-order chi connectivity index (χ0) is 13.2. The molecule has 100 valence electrons. The third-order valence-electron chi connectivity index (χ3n) is 3.95. The smallest absolute Gasteiger partial charge is 0.133 e. The Morgan fingerprint density at radius 2 is 1.94 bits per heavy atom. The molecule has 1 atom stereocenters. The van der Waals surface area contributed by atoms with E-state index in [2.05, 4.69) is 29.1 Å². The van der Waals surface area contributed by atoms with Gasteiger partial charge in [0.25, 0.3) is 0 Å². The Morgan fingerprint density at radius 1 is 1.22 bits per heavy atom. The van der Waals surface area contributed by atoms with Crippen molar-refractivity contribution in [3.63, 3.8) is 0 Å². The van der Waals surface area contributed by atoms with Crippen LogP contribution in [0.15, 0.2) is 6.33 Å². The van der Waals surface area contributed by atoms with Gasteiger partial charge in [0.15, 0.2) is 0 Å². The first kappa shape index (κ1) is 13.3. The molecule has 0 amide bonds. The van der Waals surface area contributed by atoms with Gasteiger partial charge in [-0.1, -0.05) is 6.42 Å². The Morgan fingerprint density at radius 3 is 2.67 bits per heavy atom. The number of nitrogens with two attached hydrogens (primary N) is 1. The van der Waals surface area contributed by atoms with Crippen molar-refractivity contribution in [2.75, 3.05) is 5.32 Å². The van der Waals surface area contributed by atoms with Gasteiger partial charge < -0.3 is 11.1 Å². The zero-order valence-corrected chi connectivity index (χ0v) is 11.7. The fourth-order valence-electron chi connectivity index (χ4n) is 2.22. The Kier molecular flexibility index (Phi) is 3.85. The number of nitrogens with one attached hydrogen (secondary N) is 1. The molecule has 1 aliphatic carbocycles. The molecule has 0 aliphatic heterocycles. The highest BCUT2D eigenvalue weighted by Gasteiger charge is 2.25. The van der Waals surface area contributed by atoms with Crippen LogP contribution in [-0.4, -0.2) is 21.5 Å². The van der Waals surface area contributed by atoms with Crippen LogP contribution in [0.1, 0.15) is 51.3 Å². The summed E-state index contributed by atoms with van der Waals surface area (Å²) in [5, 5.41) is 3.50. The molecule has 1 unspecified atom stereocenters. The quantitative estimate of drug-likeness (QED) is 0.806. The molecule has 0 bridgehead atoms. The van der Waals surface area contributed by atoms with E-state index in [-0.39, 0.29) is 11.6 Å². The minimum atomic E-state index is -0.158. The normalized spacial score (nSPS) is 17.8. The summed E-state index contributed by atoms with van der Waals surface area (Å²) in [6, 6.07) is 0.0638. The molecule has 0 saturated carbocycles. The number of aryl methyl sites for hydroxylation is 1. The Balaban J connectivity index is 2.28. The zero-order valence-electron chi connectivity index (χ0n) is 11.7. The number of hydrogen-bond acceptors (Lipinski definition) is 4. The molecule has 0 saturated heterocycles. The van der Waals surface area contributed by atoms with Gasteiger partial charge in [0, 0.05) is 22.8 Å². The van der Waals surface area contributed by atoms with Gasteiger partial charge in [-0.2, -0.15) is 0 Å². The van der Waals surface area contributed by atoms with Gasteiger partial charge in [-0.25, -0.2) is 9.97 Å². The first-order valence-corrected chi connectivity index (χ1v) is 6.87. The lowest BCUT2D eigenvalue weighted by Gasteiger charge is -2.31.